The molecule has 0 fully saturated rings. The molecule has 0 spiro atoms. The van der Waals surface area contributed by atoms with E-state index < -0.39 is 35.9 Å². The lowest BCUT2D eigenvalue weighted by Crippen LogP contribution is -2.51. The number of methoxy groups -OCH3 is 1. The van der Waals surface area contributed by atoms with Gasteiger partial charge in [-0.2, -0.15) is 13.2 Å². The van der Waals surface area contributed by atoms with Crippen molar-refractivity contribution in [1.29, 1.82) is 0 Å². The smallest absolute Gasteiger partial charge is 0.417 e. The normalized spacial score (nSPS) is 14.7. The second kappa shape index (κ2) is 7.58. The number of hydrogen-bond donors (Lipinski definition) is 2. The quantitative estimate of drug-likeness (QED) is 0.533. The van der Waals surface area contributed by atoms with E-state index in [2.05, 4.69) is 9.97 Å². The number of ether oxygens (including phenoxy) is 1. The highest BCUT2D eigenvalue weighted by atomic mass is 19.4. The number of H-pyrrole nitrogens is 1. The number of alkyl halides is 3. The molecule has 162 valence electrons. The van der Waals surface area contributed by atoms with Crippen molar-refractivity contribution >= 4 is 11.0 Å². The maximum absolute atomic E-state index is 14.0. The number of para-hydroxylation sites is 1. The average Bonchev–Trinajstić information content (AvgIpc) is 3.04. The number of aliphatic hydroxyl groups is 1. The Labute approximate surface area is 171 Å². The zero-order chi connectivity index (χ0) is 22.3. The Balaban J connectivity index is 2.01. The van der Waals surface area contributed by atoms with Gasteiger partial charge in [-0.05, 0) is 48.6 Å². The first-order chi connectivity index (χ1) is 13.9. The highest BCUT2D eigenvalue weighted by Gasteiger charge is 2.56. The molecule has 2 N–H and O–H groups in total. The molecule has 0 aliphatic rings. The molecule has 0 amide bonds. The van der Waals surface area contributed by atoms with E-state index in [0.29, 0.717) is 11.0 Å². The summed E-state index contributed by atoms with van der Waals surface area (Å²) in [6.07, 6.45) is -6.40. The number of aromatic nitrogens is 2. The maximum Gasteiger partial charge on any atom is 0.417 e. The van der Waals surface area contributed by atoms with Gasteiger partial charge in [0.05, 0.1) is 18.1 Å². The van der Waals surface area contributed by atoms with E-state index in [-0.39, 0.29) is 17.1 Å². The van der Waals surface area contributed by atoms with Gasteiger partial charge in [-0.15, -0.1) is 0 Å². The Morgan fingerprint density at radius 1 is 1.13 bits per heavy atom. The topological polar surface area (TPSA) is 58.1 Å². The van der Waals surface area contributed by atoms with Crippen LogP contribution in [-0.4, -0.2) is 34.0 Å². The molecule has 0 bridgehead atoms. The molecule has 1 heterocycles. The van der Waals surface area contributed by atoms with E-state index in [1.165, 1.54) is 33.1 Å². The molecule has 1 atom stereocenters. The minimum atomic E-state index is -4.93. The van der Waals surface area contributed by atoms with Crippen LogP contribution in [0, 0.1) is 12.7 Å². The number of nitrogens with one attached hydrogen (secondary N) is 1. The van der Waals surface area contributed by atoms with Gasteiger partial charge in [-0.3, -0.25) is 0 Å². The molecule has 0 saturated carbocycles. The van der Waals surface area contributed by atoms with Crippen LogP contribution in [0.25, 0.3) is 11.0 Å². The third-order valence-corrected chi connectivity index (χ3v) is 5.38. The van der Waals surface area contributed by atoms with Crippen LogP contribution in [0.5, 0.6) is 5.75 Å². The number of fused-ring (bicyclic) bond motifs is 1. The Bertz CT molecular complexity index is 1060. The van der Waals surface area contributed by atoms with Crippen LogP contribution in [0.1, 0.15) is 37.2 Å². The van der Waals surface area contributed by atoms with Crippen molar-refractivity contribution in [2.75, 3.05) is 7.11 Å². The van der Waals surface area contributed by atoms with Crippen molar-refractivity contribution in [3.05, 3.63) is 59.2 Å². The van der Waals surface area contributed by atoms with Gasteiger partial charge in [0.1, 0.15) is 17.4 Å². The molecule has 3 aromatic rings. The molecule has 2 aromatic carbocycles. The monoisotopic (exact) mass is 424 g/mol. The second-order valence-corrected chi connectivity index (χ2v) is 8.27. The number of nitrogens with zero attached hydrogens (tertiary/aromatic N) is 1. The van der Waals surface area contributed by atoms with Crippen LogP contribution in [0.2, 0.25) is 0 Å². The predicted octanol–water partition coefficient (Wildman–Crippen LogP) is 5.22. The van der Waals surface area contributed by atoms with Crippen molar-refractivity contribution < 1.29 is 27.4 Å². The van der Waals surface area contributed by atoms with Crippen LogP contribution in [0.4, 0.5) is 17.6 Å². The standard InChI is InChI=1S/C22H24F4N2O2/c1-13-6-5-7-16-19(13)28-18(27-16)11-21(29,22(24,25)26)12-20(2,3)15-10-14(23)8-9-17(15)30-4/h5-10,29H,11-12H2,1-4H3,(H,27,28). The first kappa shape index (κ1) is 22.1. The number of halogens is 4. The van der Waals surface area contributed by atoms with Crippen molar-refractivity contribution in [1.82, 2.24) is 9.97 Å². The number of rotatable bonds is 6. The first-order valence-corrected chi connectivity index (χ1v) is 9.44. The zero-order valence-corrected chi connectivity index (χ0v) is 17.2. The third kappa shape index (κ3) is 4.14. The van der Waals surface area contributed by atoms with Crippen molar-refractivity contribution in [3.8, 4) is 5.75 Å². The average molecular weight is 424 g/mol. The summed E-state index contributed by atoms with van der Waals surface area (Å²) in [6.45, 7) is 4.84. The molecule has 30 heavy (non-hydrogen) atoms. The SMILES string of the molecule is COc1ccc(F)cc1C(C)(C)CC(O)(Cc1nc2c(C)cccc2[nH]1)C(F)(F)F. The maximum atomic E-state index is 14.0. The highest BCUT2D eigenvalue weighted by molar-refractivity contribution is 5.78. The molecule has 0 aliphatic carbocycles. The van der Waals surface area contributed by atoms with Gasteiger partial charge in [-0.25, -0.2) is 9.37 Å². The lowest BCUT2D eigenvalue weighted by atomic mass is 9.73. The van der Waals surface area contributed by atoms with E-state index in [9.17, 15) is 22.7 Å². The molecule has 1 aromatic heterocycles. The van der Waals surface area contributed by atoms with Gasteiger partial charge in [0.25, 0.3) is 0 Å². The Morgan fingerprint density at radius 2 is 1.83 bits per heavy atom. The summed E-state index contributed by atoms with van der Waals surface area (Å²) in [5.41, 5.74) is -2.12. The van der Waals surface area contributed by atoms with Crippen LogP contribution in [0.15, 0.2) is 36.4 Å². The molecule has 0 saturated heterocycles. The minimum Gasteiger partial charge on any atom is -0.496 e. The first-order valence-electron chi connectivity index (χ1n) is 9.44. The van der Waals surface area contributed by atoms with Gasteiger partial charge < -0.3 is 14.8 Å². The minimum absolute atomic E-state index is 0.0288. The van der Waals surface area contributed by atoms with Gasteiger partial charge >= 0.3 is 6.18 Å². The van der Waals surface area contributed by atoms with Gasteiger partial charge in [0, 0.05) is 12.0 Å². The number of aryl methyl sites for hydroxylation is 1. The fraction of sp³-hybridized carbons (Fsp3) is 0.409. The summed E-state index contributed by atoms with van der Waals surface area (Å²) in [7, 11) is 1.36. The number of aromatic amines is 1. The fourth-order valence-electron chi connectivity index (χ4n) is 3.89. The number of imidazole rings is 1. The molecule has 4 nitrogen and oxygen atoms in total. The summed E-state index contributed by atoms with van der Waals surface area (Å²) in [4.78, 5) is 7.13. The van der Waals surface area contributed by atoms with E-state index in [1.807, 2.05) is 13.0 Å². The van der Waals surface area contributed by atoms with E-state index in [4.69, 9.17) is 4.74 Å². The molecule has 8 heteroatoms. The molecular weight excluding hydrogens is 400 g/mol. The van der Waals surface area contributed by atoms with Gasteiger partial charge in [0.15, 0.2) is 5.60 Å². The van der Waals surface area contributed by atoms with Gasteiger partial charge in [0.2, 0.25) is 0 Å². The molecule has 0 radical (unpaired) electrons. The molecule has 0 aliphatic heterocycles. The van der Waals surface area contributed by atoms with Crippen LogP contribution < -0.4 is 4.74 Å². The van der Waals surface area contributed by atoms with E-state index in [1.54, 1.807) is 12.1 Å². The lowest BCUT2D eigenvalue weighted by molar-refractivity contribution is -0.266. The molecule has 3 rings (SSSR count). The van der Waals surface area contributed by atoms with E-state index in [0.717, 1.165) is 11.6 Å². The fourth-order valence-corrected chi connectivity index (χ4v) is 3.89. The van der Waals surface area contributed by atoms with Crippen LogP contribution in [0.3, 0.4) is 0 Å². The van der Waals surface area contributed by atoms with Crippen molar-refractivity contribution in [2.45, 2.75) is 50.8 Å². The summed E-state index contributed by atoms with van der Waals surface area (Å²) in [5, 5.41) is 10.8. The van der Waals surface area contributed by atoms with E-state index >= 15 is 0 Å². The van der Waals surface area contributed by atoms with Crippen LogP contribution >= 0.6 is 0 Å². The number of benzene rings is 2. The molecular formula is C22H24F4N2O2. The second-order valence-electron chi connectivity index (χ2n) is 8.27. The Hall–Kier alpha value is -2.61. The van der Waals surface area contributed by atoms with Crippen molar-refractivity contribution in [3.63, 3.8) is 0 Å². The lowest BCUT2D eigenvalue weighted by Gasteiger charge is -2.38. The summed E-state index contributed by atoms with van der Waals surface area (Å²) < 4.78 is 61.1. The predicted molar refractivity (Wildman–Crippen MR) is 106 cm³/mol. The summed E-state index contributed by atoms with van der Waals surface area (Å²) >= 11 is 0. The van der Waals surface area contributed by atoms with Gasteiger partial charge in [-0.1, -0.05) is 26.0 Å². The third-order valence-electron chi connectivity index (χ3n) is 5.38. The summed E-state index contributed by atoms with van der Waals surface area (Å²) in [5.74, 6) is -0.311. The molecule has 1 unspecified atom stereocenters. The summed E-state index contributed by atoms with van der Waals surface area (Å²) in [6, 6.07) is 8.97. The number of hydrogen-bond acceptors (Lipinski definition) is 3. The highest BCUT2D eigenvalue weighted by Crippen LogP contribution is 2.45. The Morgan fingerprint density at radius 3 is 2.43 bits per heavy atom. The Kier molecular flexibility index (Phi) is 5.58. The van der Waals surface area contributed by atoms with Crippen molar-refractivity contribution in [2.24, 2.45) is 0 Å². The zero-order valence-electron chi connectivity index (χ0n) is 17.2. The van der Waals surface area contributed by atoms with Crippen LogP contribution in [-0.2, 0) is 11.8 Å². The largest absolute Gasteiger partial charge is 0.496 e.